The summed E-state index contributed by atoms with van der Waals surface area (Å²) < 4.78 is 34.6. The molecular formula is C27H26N2O4S. The van der Waals surface area contributed by atoms with Gasteiger partial charge in [0.1, 0.15) is 17.6 Å². The van der Waals surface area contributed by atoms with Crippen LogP contribution in [0.15, 0.2) is 84.0 Å². The molecule has 6 nitrogen and oxygen atoms in total. The minimum Gasteiger partial charge on any atom is -0.497 e. The maximum atomic E-state index is 11.6. The number of aromatic nitrogens is 1. The number of fused-ring (bicyclic) bond motifs is 1. The van der Waals surface area contributed by atoms with Gasteiger partial charge in [0.2, 0.25) is 0 Å². The van der Waals surface area contributed by atoms with Crippen molar-refractivity contribution in [3.8, 4) is 22.6 Å². The Morgan fingerprint density at radius 3 is 2.24 bits per heavy atom. The fourth-order valence-corrected chi connectivity index (χ4v) is 4.73. The molecule has 7 heteroatoms. The number of sulfone groups is 1. The van der Waals surface area contributed by atoms with Crippen LogP contribution < -0.4 is 9.47 Å². The van der Waals surface area contributed by atoms with Crippen LogP contribution in [0.2, 0.25) is 0 Å². The van der Waals surface area contributed by atoms with E-state index < -0.39 is 9.84 Å². The Labute approximate surface area is 199 Å². The van der Waals surface area contributed by atoms with Gasteiger partial charge in [-0.3, -0.25) is 4.90 Å². The second-order valence-electron chi connectivity index (χ2n) is 8.66. The molecule has 0 N–H and O–H groups in total. The molecule has 0 amide bonds. The molecule has 0 radical (unpaired) electrons. The molecular weight excluding hydrogens is 448 g/mol. The van der Waals surface area contributed by atoms with Crippen molar-refractivity contribution in [3.05, 3.63) is 84.6 Å². The molecule has 1 fully saturated rings. The van der Waals surface area contributed by atoms with Crippen molar-refractivity contribution in [2.45, 2.75) is 17.7 Å². The van der Waals surface area contributed by atoms with E-state index in [9.17, 15) is 8.42 Å². The minimum absolute atomic E-state index is 0.0784. The van der Waals surface area contributed by atoms with Crippen molar-refractivity contribution < 1.29 is 17.9 Å². The summed E-state index contributed by atoms with van der Waals surface area (Å²) in [5, 5.41) is 2.47. The van der Waals surface area contributed by atoms with Crippen molar-refractivity contribution in [2.75, 3.05) is 26.5 Å². The average molecular weight is 475 g/mol. The van der Waals surface area contributed by atoms with Crippen LogP contribution in [0.1, 0.15) is 5.56 Å². The summed E-state index contributed by atoms with van der Waals surface area (Å²) >= 11 is 0. The van der Waals surface area contributed by atoms with Crippen molar-refractivity contribution in [3.63, 3.8) is 0 Å². The SMILES string of the molecule is COc1ccc2cc(CN3CC(Oc4ccc(-c5ccc(S(C)(=O)=O)nc5)cc4)C3)ccc2c1. The van der Waals surface area contributed by atoms with E-state index in [0.29, 0.717) is 0 Å². The van der Waals surface area contributed by atoms with Crippen molar-refractivity contribution >= 4 is 20.6 Å². The van der Waals surface area contributed by atoms with E-state index in [1.54, 1.807) is 19.4 Å². The van der Waals surface area contributed by atoms with Gasteiger partial charge in [-0.15, -0.1) is 0 Å². The van der Waals surface area contributed by atoms with Crippen molar-refractivity contribution in [1.82, 2.24) is 9.88 Å². The van der Waals surface area contributed by atoms with Crippen LogP contribution in [0, 0.1) is 0 Å². The normalized spacial score (nSPS) is 14.6. The van der Waals surface area contributed by atoms with Gasteiger partial charge in [-0.25, -0.2) is 13.4 Å². The topological polar surface area (TPSA) is 68.7 Å². The largest absolute Gasteiger partial charge is 0.497 e. The van der Waals surface area contributed by atoms with Crippen LogP contribution in [-0.2, 0) is 16.4 Å². The van der Waals surface area contributed by atoms with Gasteiger partial charge in [-0.1, -0.05) is 30.3 Å². The third-order valence-corrected chi connectivity index (χ3v) is 7.05. The third-order valence-electron chi connectivity index (χ3n) is 6.05. The molecule has 1 aliphatic heterocycles. The molecule has 3 aromatic carbocycles. The molecule has 0 atom stereocenters. The lowest BCUT2D eigenvalue weighted by atomic mass is 10.0. The molecule has 34 heavy (non-hydrogen) atoms. The zero-order valence-corrected chi connectivity index (χ0v) is 20.0. The van der Waals surface area contributed by atoms with E-state index in [2.05, 4.69) is 40.2 Å². The lowest BCUT2D eigenvalue weighted by Crippen LogP contribution is -2.53. The molecule has 0 bridgehead atoms. The number of rotatable bonds is 7. The van der Waals surface area contributed by atoms with E-state index in [-0.39, 0.29) is 11.1 Å². The number of hydrogen-bond acceptors (Lipinski definition) is 6. The van der Waals surface area contributed by atoms with Gasteiger partial charge in [0.15, 0.2) is 14.9 Å². The van der Waals surface area contributed by atoms with E-state index >= 15 is 0 Å². The first-order valence-corrected chi connectivity index (χ1v) is 13.0. The highest BCUT2D eigenvalue weighted by Crippen LogP contribution is 2.26. The quantitative estimate of drug-likeness (QED) is 0.391. The lowest BCUT2D eigenvalue weighted by molar-refractivity contribution is 0.0146. The van der Waals surface area contributed by atoms with Crippen LogP contribution >= 0.6 is 0 Å². The van der Waals surface area contributed by atoms with E-state index in [1.807, 2.05) is 30.3 Å². The predicted molar refractivity (Wildman–Crippen MR) is 133 cm³/mol. The molecule has 1 aliphatic rings. The molecule has 5 rings (SSSR count). The maximum Gasteiger partial charge on any atom is 0.192 e. The fourth-order valence-electron chi connectivity index (χ4n) is 4.17. The van der Waals surface area contributed by atoms with Gasteiger partial charge >= 0.3 is 0 Å². The number of benzene rings is 3. The summed E-state index contributed by atoms with van der Waals surface area (Å²) in [7, 11) is -1.61. The van der Waals surface area contributed by atoms with Gasteiger partial charge in [-0.2, -0.15) is 0 Å². The lowest BCUT2D eigenvalue weighted by Gasteiger charge is -2.39. The van der Waals surface area contributed by atoms with Gasteiger partial charge in [0.25, 0.3) is 0 Å². The molecule has 0 unspecified atom stereocenters. The molecule has 174 valence electrons. The summed E-state index contributed by atoms with van der Waals surface area (Å²) in [6.07, 6.45) is 2.91. The number of likely N-dealkylation sites (tertiary alicyclic amines) is 1. The van der Waals surface area contributed by atoms with Gasteiger partial charge in [0, 0.05) is 37.7 Å². The minimum atomic E-state index is -3.30. The number of pyridine rings is 1. The highest BCUT2D eigenvalue weighted by atomic mass is 32.2. The van der Waals surface area contributed by atoms with Crippen molar-refractivity contribution in [2.24, 2.45) is 0 Å². The van der Waals surface area contributed by atoms with Crippen LogP contribution in [0.5, 0.6) is 11.5 Å². The van der Waals surface area contributed by atoms with Gasteiger partial charge in [0.05, 0.1) is 7.11 Å². The predicted octanol–water partition coefficient (Wildman–Crippen LogP) is 4.58. The summed E-state index contributed by atoms with van der Waals surface area (Å²) in [5.41, 5.74) is 3.11. The molecule has 0 saturated carbocycles. The summed E-state index contributed by atoms with van der Waals surface area (Å²) in [4.78, 5) is 6.43. The van der Waals surface area contributed by atoms with Crippen LogP contribution in [0.3, 0.4) is 0 Å². The fraction of sp³-hybridized carbons (Fsp3) is 0.222. The average Bonchev–Trinajstić information content (AvgIpc) is 2.82. The van der Waals surface area contributed by atoms with E-state index in [4.69, 9.17) is 9.47 Å². The summed E-state index contributed by atoms with van der Waals surface area (Å²) in [6.45, 7) is 2.68. The standard InChI is InChI=1S/C27H26N2O4S/c1-32-25-11-7-21-13-19(3-4-22(21)14-25)16-29-17-26(18-29)33-24-9-5-20(6-10-24)23-8-12-27(28-15-23)34(2,30)31/h3-15,26H,16-18H2,1-2H3. The van der Waals surface area contributed by atoms with Crippen molar-refractivity contribution in [1.29, 1.82) is 0 Å². The van der Waals surface area contributed by atoms with Crippen LogP contribution in [0.25, 0.3) is 21.9 Å². The maximum absolute atomic E-state index is 11.6. The zero-order valence-electron chi connectivity index (χ0n) is 19.1. The summed E-state index contributed by atoms with van der Waals surface area (Å²) in [5.74, 6) is 1.70. The Kier molecular flexibility index (Phi) is 5.98. The first kappa shape index (κ1) is 22.4. The second kappa shape index (κ2) is 9.08. The molecule has 2 heterocycles. The molecule has 1 saturated heterocycles. The van der Waals surface area contributed by atoms with E-state index in [0.717, 1.165) is 48.5 Å². The highest BCUT2D eigenvalue weighted by Gasteiger charge is 2.28. The number of nitrogens with zero attached hydrogens (tertiary/aromatic N) is 2. The second-order valence-corrected chi connectivity index (χ2v) is 10.6. The Balaban J connectivity index is 1.15. The number of hydrogen-bond donors (Lipinski definition) is 0. The smallest absolute Gasteiger partial charge is 0.192 e. The summed E-state index contributed by atoms with van der Waals surface area (Å²) in [6, 6.07) is 23.8. The number of ether oxygens (including phenoxy) is 2. The Hall–Kier alpha value is -3.42. The zero-order chi connectivity index (χ0) is 23.7. The molecule has 0 aliphatic carbocycles. The molecule has 0 spiro atoms. The first-order chi connectivity index (χ1) is 16.4. The van der Waals surface area contributed by atoms with Crippen LogP contribution in [0.4, 0.5) is 0 Å². The highest BCUT2D eigenvalue weighted by molar-refractivity contribution is 7.90. The molecule has 4 aromatic rings. The Morgan fingerprint density at radius 2 is 1.56 bits per heavy atom. The van der Waals surface area contributed by atoms with Gasteiger partial charge in [-0.05, 0) is 64.4 Å². The molecule has 1 aromatic heterocycles. The first-order valence-electron chi connectivity index (χ1n) is 11.1. The Bertz CT molecular complexity index is 1410. The Morgan fingerprint density at radius 1 is 0.882 bits per heavy atom. The van der Waals surface area contributed by atoms with E-state index in [1.165, 1.54) is 22.4 Å². The third kappa shape index (κ3) is 4.90. The van der Waals surface area contributed by atoms with Crippen LogP contribution in [-0.4, -0.2) is 50.9 Å². The number of methoxy groups -OCH3 is 1. The monoisotopic (exact) mass is 474 g/mol. The van der Waals surface area contributed by atoms with Gasteiger partial charge < -0.3 is 9.47 Å².